The van der Waals surface area contributed by atoms with Crippen LogP contribution in [0.1, 0.15) is 37.5 Å². The highest BCUT2D eigenvalue weighted by Gasteiger charge is 2.34. The van der Waals surface area contributed by atoms with Crippen molar-refractivity contribution in [1.29, 1.82) is 5.41 Å². The first kappa shape index (κ1) is 17.5. The molecule has 3 nitrogen and oxygen atoms in total. The third-order valence-electron chi connectivity index (χ3n) is 4.25. The molecule has 0 aliphatic carbocycles. The van der Waals surface area contributed by atoms with Gasteiger partial charge in [-0.1, -0.05) is 63.2 Å². The van der Waals surface area contributed by atoms with E-state index in [2.05, 4.69) is 32.9 Å². The Morgan fingerprint density at radius 2 is 1.68 bits per heavy atom. The molecule has 2 aromatic rings. The van der Waals surface area contributed by atoms with E-state index in [-0.39, 0.29) is 16.5 Å². The average molecular weight is 350 g/mol. The van der Waals surface area contributed by atoms with Crippen molar-refractivity contribution in [3.05, 3.63) is 70.1 Å². The molecule has 1 N–H and O–H groups in total. The summed E-state index contributed by atoms with van der Waals surface area (Å²) in [6.07, 6.45) is 1.87. The lowest BCUT2D eigenvalue weighted by Gasteiger charge is -2.18. The SMILES string of the molecule is Cc1ccccc1N1C(=N)S/C(=C\c2ccc(C(C)(C)C)cc2)C1=O. The molecule has 0 spiro atoms. The molecule has 25 heavy (non-hydrogen) atoms. The molecule has 0 atom stereocenters. The van der Waals surface area contributed by atoms with Crippen LogP contribution in [-0.4, -0.2) is 11.1 Å². The summed E-state index contributed by atoms with van der Waals surface area (Å²) in [5.74, 6) is -0.135. The van der Waals surface area contributed by atoms with Crippen molar-refractivity contribution in [2.45, 2.75) is 33.1 Å². The molecular formula is C21H22N2OS. The topological polar surface area (TPSA) is 44.2 Å². The molecule has 1 saturated heterocycles. The van der Waals surface area contributed by atoms with E-state index in [1.807, 2.05) is 49.4 Å². The zero-order chi connectivity index (χ0) is 18.2. The van der Waals surface area contributed by atoms with Gasteiger partial charge in [0, 0.05) is 0 Å². The molecule has 128 valence electrons. The van der Waals surface area contributed by atoms with Crippen LogP contribution in [0.5, 0.6) is 0 Å². The first-order chi connectivity index (χ1) is 11.8. The van der Waals surface area contributed by atoms with E-state index < -0.39 is 0 Å². The molecule has 1 heterocycles. The number of hydrogen-bond donors (Lipinski definition) is 1. The summed E-state index contributed by atoms with van der Waals surface area (Å²) in [5, 5.41) is 8.46. The van der Waals surface area contributed by atoms with Crippen molar-refractivity contribution in [2.24, 2.45) is 0 Å². The summed E-state index contributed by atoms with van der Waals surface area (Å²) >= 11 is 1.21. The van der Waals surface area contributed by atoms with Gasteiger partial charge < -0.3 is 0 Å². The van der Waals surface area contributed by atoms with Crippen LogP contribution in [0.2, 0.25) is 0 Å². The van der Waals surface area contributed by atoms with Crippen molar-refractivity contribution in [1.82, 2.24) is 0 Å². The molecule has 1 aliphatic rings. The van der Waals surface area contributed by atoms with E-state index in [0.717, 1.165) is 16.8 Å². The van der Waals surface area contributed by atoms with Crippen molar-refractivity contribution in [3.63, 3.8) is 0 Å². The fraction of sp³-hybridized carbons (Fsp3) is 0.238. The zero-order valence-corrected chi connectivity index (χ0v) is 15.8. The van der Waals surface area contributed by atoms with Crippen LogP contribution in [-0.2, 0) is 10.2 Å². The van der Waals surface area contributed by atoms with Crippen LogP contribution in [0.3, 0.4) is 0 Å². The minimum absolute atomic E-state index is 0.105. The van der Waals surface area contributed by atoms with E-state index in [9.17, 15) is 4.79 Å². The zero-order valence-electron chi connectivity index (χ0n) is 15.0. The van der Waals surface area contributed by atoms with Crippen molar-refractivity contribution >= 4 is 34.6 Å². The third-order valence-corrected chi connectivity index (χ3v) is 5.14. The quantitative estimate of drug-likeness (QED) is 0.742. The Balaban J connectivity index is 1.89. The largest absolute Gasteiger partial charge is 0.278 e. The number of carbonyl (C=O) groups is 1. The van der Waals surface area contributed by atoms with Gasteiger partial charge in [0.1, 0.15) is 0 Å². The van der Waals surface area contributed by atoms with E-state index in [0.29, 0.717) is 4.91 Å². The summed E-state index contributed by atoms with van der Waals surface area (Å²) < 4.78 is 0. The van der Waals surface area contributed by atoms with Crippen LogP contribution in [0.15, 0.2) is 53.4 Å². The number of rotatable bonds is 2. The molecule has 1 aliphatic heterocycles. The van der Waals surface area contributed by atoms with Gasteiger partial charge in [-0.05, 0) is 52.9 Å². The maximum absolute atomic E-state index is 12.8. The minimum Gasteiger partial charge on any atom is -0.278 e. The molecule has 4 heteroatoms. The lowest BCUT2D eigenvalue weighted by molar-refractivity contribution is -0.113. The average Bonchev–Trinajstić information content (AvgIpc) is 2.82. The van der Waals surface area contributed by atoms with Crippen LogP contribution in [0.4, 0.5) is 5.69 Å². The first-order valence-corrected chi connectivity index (χ1v) is 9.08. The predicted octanol–water partition coefficient (Wildman–Crippen LogP) is 5.35. The highest BCUT2D eigenvalue weighted by molar-refractivity contribution is 8.19. The van der Waals surface area contributed by atoms with Crippen LogP contribution in [0, 0.1) is 12.3 Å². The molecule has 0 bridgehead atoms. The summed E-state index contributed by atoms with van der Waals surface area (Å²) in [7, 11) is 0. The maximum atomic E-state index is 12.8. The Morgan fingerprint density at radius 1 is 1.04 bits per heavy atom. The number of aryl methyl sites for hydroxylation is 1. The Hall–Kier alpha value is -2.33. The first-order valence-electron chi connectivity index (χ1n) is 8.26. The molecule has 0 aromatic heterocycles. The monoisotopic (exact) mass is 350 g/mol. The summed E-state index contributed by atoms with van der Waals surface area (Å²) in [6.45, 7) is 8.49. The Kier molecular flexibility index (Phi) is 4.56. The smallest absolute Gasteiger partial charge is 0.271 e. The number of nitrogens with one attached hydrogen (secondary N) is 1. The predicted molar refractivity (Wildman–Crippen MR) is 107 cm³/mol. The van der Waals surface area contributed by atoms with Gasteiger partial charge in [0.2, 0.25) is 0 Å². The standard InChI is InChI=1S/C21H22N2OS/c1-14-7-5-6-8-17(14)23-19(24)18(25-20(23)22)13-15-9-11-16(12-10-15)21(2,3)4/h5-13,22H,1-4H3/b18-13-,22-20?. The highest BCUT2D eigenvalue weighted by Crippen LogP contribution is 2.36. The van der Waals surface area contributed by atoms with Gasteiger partial charge in [-0.15, -0.1) is 0 Å². The summed E-state index contributed by atoms with van der Waals surface area (Å²) in [4.78, 5) is 14.9. The van der Waals surface area contributed by atoms with Gasteiger partial charge in [0.25, 0.3) is 5.91 Å². The van der Waals surface area contributed by atoms with Gasteiger partial charge in [-0.2, -0.15) is 0 Å². The van der Waals surface area contributed by atoms with Gasteiger partial charge in [0.05, 0.1) is 10.6 Å². The molecule has 0 unspecified atom stereocenters. The number of carbonyl (C=O) groups excluding carboxylic acids is 1. The Bertz CT molecular complexity index is 860. The van der Waals surface area contributed by atoms with E-state index in [1.54, 1.807) is 0 Å². The van der Waals surface area contributed by atoms with Crippen molar-refractivity contribution in [2.75, 3.05) is 4.90 Å². The highest BCUT2D eigenvalue weighted by atomic mass is 32.2. The molecular weight excluding hydrogens is 328 g/mol. The molecule has 0 radical (unpaired) electrons. The number of amides is 1. The lowest BCUT2D eigenvalue weighted by atomic mass is 9.87. The Morgan fingerprint density at radius 3 is 2.28 bits per heavy atom. The van der Waals surface area contributed by atoms with Gasteiger partial charge in [-0.3, -0.25) is 15.1 Å². The number of nitrogens with zero attached hydrogens (tertiary/aromatic N) is 1. The number of benzene rings is 2. The number of amidine groups is 1. The number of thioether (sulfide) groups is 1. The van der Waals surface area contributed by atoms with Crippen LogP contribution >= 0.6 is 11.8 Å². The number of para-hydroxylation sites is 1. The molecule has 0 saturated carbocycles. The van der Waals surface area contributed by atoms with Gasteiger partial charge in [-0.25, -0.2) is 0 Å². The maximum Gasteiger partial charge on any atom is 0.271 e. The number of hydrogen-bond acceptors (Lipinski definition) is 3. The lowest BCUT2D eigenvalue weighted by Crippen LogP contribution is -2.28. The number of anilines is 1. The fourth-order valence-corrected chi connectivity index (χ4v) is 3.61. The fourth-order valence-electron chi connectivity index (χ4n) is 2.75. The molecule has 1 amide bonds. The summed E-state index contributed by atoms with van der Waals surface area (Å²) in [5.41, 5.74) is 4.10. The van der Waals surface area contributed by atoms with E-state index in [1.165, 1.54) is 22.2 Å². The second kappa shape index (κ2) is 6.52. The van der Waals surface area contributed by atoms with E-state index >= 15 is 0 Å². The van der Waals surface area contributed by atoms with Gasteiger partial charge in [0.15, 0.2) is 5.17 Å². The van der Waals surface area contributed by atoms with Gasteiger partial charge >= 0.3 is 0 Å². The second-order valence-corrected chi connectivity index (χ2v) is 8.25. The van der Waals surface area contributed by atoms with Crippen molar-refractivity contribution < 1.29 is 4.79 Å². The second-order valence-electron chi connectivity index (χ2n) is 7.21. The molecule has 2 aromatic carbocycles. The Labute approximate surface area is 153 Å². The minimum atomic E-state index is -0.135. The van der Waals surface area contributed by atoms with Crippen molar-refractivity contribution in [3.8, 4) is 0 Å². The third kappa shape index (κ3) is 3.54. The van der Waals surface area contributed by atoms with Crippen LogP contribution < -0.4 is 4.90 Å². The summed E-state index contributed by atoms with van der Waals surface area (Å²) in [6, 6.07) is 15.9. The molecule has 3 rings (SSSR count). The van der Waals surface area contributed by atoms with E-state index in [4.69, 9.17) is 5.41 Å². The molecule has 1 fully saturated rings. The van der Waals surface area contributed by atoms with Crippen LogP contribution in [0.25, 0.3) is 6.08 Å². The normalized spacial score (nSPS) is 16.8.